The molecule has 5 nitrogen and oxygen atoms in total. The van der Waals surface area contributed by atoms with Gasteiger partial charge in [0.05, 0.1) is 19.3 Å². The maximum Gasteiger partial charge on any atom is 0.345 e. The van der Waals surface area contributed by atoms with E-state index in [0.717, 1.165) is 10.0 Å². The van der Waals surface area contributed by atoms with E-state index >= 15 is 0 Å². The molecule has 1 heterocycles. The molecule has 116 valence electrons. The summed E-state index contributed by atoms with van der Waals surface area (Å²) in [5.41, 5.74) is 0.515. The molecule has 0 bridgehead atoms. The van der Waals surface area contributed by atoms with Crippen LogP contribution in [0.2, 0.25) is 0 Å². The Labute approximate surface area is 140 Å². The maximum absolute atomic E-state index is 12.5. The van der Waals surface area contributed by atoms with Gasteiger partial charge in [0.25, 0.3) is 5.56 Å². The van der Waals surface area contributed by atoms with Gasteiger partial charge < -0.3 is 4.74 Å². The first-order chi connectivity index (χ1) is 10.6. The number of benzene rings is 1. The summed E-state index contributed by atoms with van der Waals surface area (Å²) in [5, 5.41) is 0.556. The number of rotatable bonds is 5. The van der Waals surface area contributed by atoms with Crippen molar-refractivity contribution in [1.29, 1.82) is 0 Å². The van der Waals surface area contributed by atoms with E-state index in [1.54, 1.807) is 6.92 Å². The molecule has 0 amide bonds. The molecule has 0 aliphatic heterocycles. The first-order valence-corrected chi connectivity index (χ1v) is 8.64. The molecular formula is C15H15BrN2O3S. The second-order valence-corrected chi connectivity index (χ2v) is 6.09. The van der Waals surface area contributed by atoms with Crippen molar-refractivity contribution in [3.05, 3.63) is 56.4 Å². The van der Waals surface area contributed by atoms with Crippen LogP contribution in [0.25, 0.3) is 0 Å². The van der Waals surface area contributed by atoms with Gasteiger partial charge in [0.2, 0.25) is 0 Å². The van der Waals surface area contributed by atoms with Crippen molar-refractivity contribution in [3.63, 3.8) is 0 Å². The maximum atomic E-state index is 12.5. The third-order valence-electron chi connectivity index (χ3n) is 2.94. The number of nitrogens with zero attached hydrogens (tertiary/aromatic N) is 2. The lowest BCUT2D eigenvalue weighted by Crippen LogP contribution is -2.29. The van der Waals surface area contributed by atoms with Crippen LogP contribution in [0.3, 0.4) is 0 Å². The van der Waals surface area contributed by atoms with Crippen LogP contribution in [0.4, 0.5) is 0 Å². The highest BCUT2D eigenvalue weighted by molar-refractivity contribution is 9.10. The van der Waals surface area contributed by atoms with Gasteiger partial charge in [0.15, 0.2) is 5.16 Å². The smallest absolute Gasteiger partial charge is 0.345 e. The van der Waals surface area contributed by atoms with E-state index in [0.29, 0.717) is 11.7 Å². The highest BCUT2D eigenvalue weighted by Gasteiger charge is 2.17. The fraction of sp³-hybridized carbons (Fsp3) is 0.267. The first kappa shape index (κ1) is 16.8. The number of ether oxygens (including phenoxy) is 1. The minimum absolute atomic E-state index is 0.0447. The van der Waals surface area contributed by atoms with Gasteiger partial charge in [-0.2, -0.15) is 0 Å². The van der Waals surface area contributed by atoms with Crippen LogP contribution in [-0.2, 0) is 11.3 Å². The van der Waals surface area contributed by atoms with E-state index in [-0.39, 0.29) is 17.7 Å². The van der Waals surface area contributed by atoms with Crippen molar-refractivity contribution < 1.29 is 9.53 Å². The van der Waals surface area contributed by atoms with Crippen LogP contribution in [0.5, 0.6) is 0 Å². The average molecular weight is 383 g/mol. The average Bonchev–Trinajstić information content (AvgIpc) is 2.51. The van der Waals surface area contributed by atoms with E-state index in [1.807, 2.05) is 30.5 Å². The second-order valence-electron chi connectivity index (χ2n) is 4.40. The number of hydrogen-bond donors (Lipinski definition) is 0. The molecule has 2 rings (SSSR count). The van der Waals surface area contributed by atoms with Crippen LogP contribution >= 0.6 is 27.7 Å². The molecule has 7 heteroatoms. The van der Waals surface area contributed by atoms with Crippen molar-refractivity contribution in [1.82, 2.24) is 9.55 Å². The Bertz CT molecular complexity index is 729. The zero-order chi connectivity index (χ0) is 16.1. The van der Waals surface area contributed by atoms with Gasteiger partial charge in [-0.25, -0.2) is 9.78 Å². The third-order valence-corrected chi connectivity index (χ3v) is 4.16. The van der Waals surface area contributed by atoms with Crippen molar-refractivity contribution in [3.8, 4) is 0 Å². The van der Waals surface area contributed by atoms with Gasteiger partial charge in [0, 0.05) is 4.47 Å². The summed E-state index contributed by atoms with van der Waals surface area (Å²) in [5.74, 6) is -0.641. The summed E-state index contributed by atoms with van der Waals surface area (Å²) < 4.78 is 7.35. The van der Waals surface area contributed by atoms with Gasteiger partial charge >= 0.3 is 5.97 Å². The Kier molecular flexibility index (Phi) is 5.79. The Morgan fingerprint density at radius 1 is 1.36 bits per heavy atom. The van der Waals surface area contributed by atoms with Crippen LogP contribution < -0.4 is 5.56 Å². The quantitative estimate of drug-likeness (QED) is 0.451. The van der Waals surface area contributed by atoms with Crippen molar-refractivity contribution in [2.45, 2.75) is 18.6 Å². The number of carbonyl (C=O) groups is 1. The minimum atomic E-state index is -0.641. The number of aromatic nitrogens is 2. The molecular weight excluding hydrogens is 368 g/mol. The predicted molar refractivity (Wildman–Crippen MR) is 89.5 cm³/mol. The lowest BCUT2D eigenvalue weighted by atomic mass is 10.2. The standard InChI is InChI=1S/C15H15BrN2O3S/c1-3-21-14(20)12-8-17-15(22-2)18(13(12)19)9-10-4-6-11(16)7-5-10/h4-8H,3,9H2,1-2H3. The van der Waals surface area contributed by atoms with Gasteiger partial charge in [0.1, 0.15) is 5.56 Å². The lowest BCUT2D eigenvalue weighted by molar-refractivity contribution is 0.0522. The SMILES string of the molecule is CCOC(=O)c1cnc(SC)n(Cc2ccc(Br)cc2)c1=O. The summed E-state index contributed by atoms with van der Waals surface area (Å²) in [7, 11) is 0. The van der Waals surface area contributed by atoms with Crippen molar-refractivity contribution >= 4 is 33.7 Å². The number of halogens is 1. The van der Waals surface area contributed by atoms with Gasteiger partial charge in [-0.1, -0.05) is 39.8 Å². The fourth-order valence-corrected chi connectivity index (χ4v) is 2.69. The van der Waals surface area contributed by atoms with E-state index in [9.17, 15) is 9.59 Å². The number of hydrogen-bond acceptors (Lipinski definition) is 5. The Hall–Kier alpha value is -1.60. The van der Waals surface area contributed by atoms with Gasteiger partial charge in [-0.3, -0.25) is 9.36 Å². The van der Waals surface area contributed by atoms with Crippen LogP contribution in [0, 0.1) is 0 Å². The molecule has 22 heavy (non-hydrogen) atoms. The van der Waals surface area contributed by atoms with E-state index < -0.39 is 5.97 Å². The molecule has 0 radical (unpaired) electrons. The van der Waals surface area contributed by atoms with E-state index in [1.165, 1.54) is 22.5 Å². The summed E-state index contributed by atoms with van der Waals surface area (Å²) in [4.78, 5) is 28.6. The summed E-state index contributed by atoms with van der Waals surface area (Å²) >= 11 is 4.73. The second kappa shape index (κ2) is 7.60. The number of esters is 1. The molecule has 1 aromatic carbocycles. The number of carbonyl (C=O) groups excluding carboxylic acids is 1. The van der Waals surface area contributed by atoms with Gasteiger partial charge in [-0.15, -0.1) is 0 Å². The molecule has 0 aliphatic rings. The summed E-state index contributed by atoms with van der Waals surface area (Å²) in [6, 6.07) is 7.64. The lowest BCUT2D eigenvalue weighted by Gasteiger charge is -2.12. The van der Waals surface area contributed by atoms with Crippen molar-refractivity contribution in [2.24, 2.45) is 0 Å². The molecule has 0 N–H and O–H groups in total. The first-order valence-electron chi connectivity index (χ1n) is 6.62. The Balaban J connectivity index is 2.43. The molecule has 2 aromatic rings. The highest BCUT2D eigenvalue weighted by Crippen LogP contribution is 2.15. The summed E-state index contributed by atoms with van der Waals surface area (Å²) in [6.45, 7) is 2.26. The minimum Gasteiger partial charge on any atom is -0.462 e. The molecule has 0 unspecified atom stereocenters. The number of thioether (sulfide) groups is 1. The topological polar surface area (TPSA) is 61.2 Å². The van der Waals surface area contributed by atoms with Crippen LogP contribution in [0.1, 0.15) is 22.8 Å². The molecule has 0 saturated carbocycles. The Morgan fingerprint density at radius 2 is 2.05 bits per heavy atom. The third kappa shape index (κ3) is 3.78. The zero-order valence-corrected chi connectivity index (χ0v) is 14.6. The van der Waals surface area contributed by atoms with Gasteiger partial charge in [-0.05, 0) is 30.9 Å². The molecule has 0 fully saturated rings. The Morgan fingerprint density at radius 3 is 2.64 bits per heavy atom. The predicted octanol–water partition coefficient (Wildman–Crippen LogP) is 2.95. The zero-order valence-electron chi connectivity index (χ0n) is 12.2. The van der Waals surface area contributed by atoms with Crippen molar-refractivity contribution in [2.75, 3.05) is 12.9 Å². The molecule has 1 aromatic heterocycles. The van der Waals surface area contributed by atoms with E-state index in [4.69, 9.17) is 4.74 Å². The molecule has 0 aliphatic carbocycles. The van der Waals surface area contributed by atoms with E-state index in [2.05, 4.69) is 20.9 Å². The highest BCUT2D eigenvalue weighted by atomic mass is 79.9. The fourth-order valence-electron chi connectivity index (χ4n) is 1.90. The monoisotopic (exact) mass is 382 g/mol. The normalized spacial score (nSPS) is 10.5. The van der Waals surface area contributed by atoms with Crippen LogP contribution in [0.15, 0.2) is 44.9 Å². The molecule has 0 saturated heterocycles. The summed E-state index contributed by atoms with van der Waals surface area (Å²) in [6.07, 6.45) is 3.12. The van der Waals surface area contributed by atoms with Crippen LogP contribution in [-0.4, -0.2) is 28.4 Å². The molecule has 0 spiro atoms. The largest absolute Gasteiger partial charge is 0.462 e. The molecule has 0 atom stereocenters.